The van der Waals surface area contributed by atoms with Gasteiger partial charge in [0, 0.05) is 13.1 Å². The third kappa shape index (κ3) is 7.96. The van der Waals surface area contributed by atoms with Gasteiger partial charge in [-0.25, -0.2) is 0 Å². The first-order valence-corrected chi connectivity index (χ1v) is 11.0. The molecule has 31 heavy (non-hydrogen) atoms. The summed E-state index contributed by atoms with van der Waals surface area (Å²) in [7, 11) is 6.65. The van der Waals surface area contributed by atoms with Crippen molar-refractivity contribution >= 4 is 0 Å². The fraction of sp³-hybridized carbons (Fsp3) is 0.520. The number of ether oxygens (including phenoxy) is 4. The molecule has 0 atom stereocenters. The number of hydrogen-bond acceptors (Lipinski definition) is 6. The van der Waals surface area contributed by atoms with E-state index in [0.29, 0.717) is 6.17 Å². The fourth-order valence-corrected chi connectivity index (χ4v) is 3.54. The summed E-state index contributed by atoms with van der Waals surface area (Å²) >= 11 is 0. The van der Waals surface area contributed by atoms with E-state index in [4.69, 9.17) is 18.9 Å². The van der Waals surface area contributed by atoms with Gasteiger partial charge in [0.1, 0.15) is 0 Å². The predicted molar refractivity (Wildman–Crippen MR) is 126 cm³/mol. The van der Waals surface area contributed by atoms with Crippen molar-refractivity contribution in [1.29, 1.82) is 0 Å². The second-order valence-corrected chi connectivity index (χ2v) is 7.48. The first-order chi connectivity index (χ1) is 15.1. The topological polar surface area (TPSA) is 61.0 Å². The smallest absolute Gasteiger partial charge is 0.160 e. The monoisotopic (exact) mass is 430 g/mol. The zero-order chi connectivity index (χ0) is 22.5. The Morgan fingerprint density at radius 1 is 0.677 bits per heavy atom. The van der Waals surface area contributed by atoms with Crippen molar-refractivity contribution in [3.05, 3.63) is 47.5 Å². The lowest BCUT2D eigenvalue weighted by molar-refractivity contribution is 0.354. The number of nitrogens with one attached hydrogen (secondary N) is 2. The van der Waals surface area contributed by atoms with Crippen molar-refractivity contribution in [1.82, 2.24) is 10.6 Å². The molecule has 0 bridgehead atoms. The third-order valence-electron chi connectivity index (χ3n) is 5.35. The number of rotatable bonds is 15. The average molecular weight is 431 g/mol. The predicted octanol–water partition coefficient (Wildman–Crippen LogP) is 4.20. The highest BCUT2D eigenvalue weighted by atomic mass is 16.5. The summed E-state index contributed by atoms with van der Waals surface area (Å²) in [5, 5.41) is 7.34. The van der Waals surface area contributed by atoms with E-state index in [-0.39, 0.29) is 0 Å². The van der Waals surface area contributed by atoms with Gasteiger partial charge in [0.2, 0.25) is 0 Å². The molecule has 6 nitrogen and oxygen atoms in total. The van der Waals surface area contributed by atoms with Crippen LogP contribution in [0.15, 0.2) is 36.4 Å². The Hall–Kier alpha value is -2.44. The molecule has 2 aromatic carbocycles. The highest BCUT2D eigenvalue weighted by Crippen LogP contribution is 2.28. The molecule has 0 aliphatic heterocycles. The molecule has 0 fully saturated rings. The minimum atomic E-state index is 0.292. The number of hydrogen-bond donors (Lipinski definition) is 2. The summed E-state index contributed by atoms with van der Waals surface area (Å²) in [5.41, 5.74) is 2.45. The van der Waals surface area contributed by atoms with Crippen LogP contribution in [0.25, 0.3) is 0 Å². The van der Waals surface area contributed by atoms with E-state index in [1.807, 2.05) is 24.3 Å². The second-order valence-electron chi connectivity index (χ2n) is 7.48. The van der Waals surface area contributed by atoms with Crippen LogP contribution in [0.1, 0.15) is 37.3 Å². The first-order valence-electron chi connectivity index (χ1n) is 11.0. The molecule has 0 amide bonds. The highest BCUT2D eigenvalue weighted by Gasteiger charge is 2.09. The van der Waals surface area contributed by atoms with E-state index in [1.54, 1.807) is 28.4 Å². The van der Waals surface area contributed by atoms with E-state index in [9.17, 15) is 0 Å². The molecule has 0 heterocycles. The van der Waals surface area contributed by atoms with Gasteiger partial charge in [-0.3, -0.25) is 0 Å². The summed E-state index contributed by atoms with van der Waals surface area (Å²) in [6.07, 6.45) is 5.64. The SMILES string of the molecule is CCCCC(NCCc1ccc(OC)c(OC)c1)NCCc1ccc(OC)c(OC)c1. The standard InChI is InChI=1S/C25H38N2O4/c1-6-7-8-25(26-15-13-19-9-11-21(28-2)23(17-19)30-4)27-16-14-20-10-12-22(29-3)24(18-20)31-5/h9-12,17-18,25-27H,6-8,13-16H2,1-5H3. The lowest BCUT2D eigenvalue weighted by Gasteiger charge is -2.21. The molecule has 6 heteroatoms. The van der Waals surface area contributed by atoms with Crippen LogP contribution < -0.4 is 29.6 Å². The Labute approximate surface area is 187 Å². The normalized spacial score (nSPS) is 10.9. The number of unbranched alkanes of at least 4 members (excludes halogenated alkanes) is 1. The lowest BCUT2D eigenvalue weighted by Crippen LogP contribution is -2.43. The van der Waals surface area contributed by atoms with E-state index in [2.05, 4.69) is 29.7 Å². The molecule has 0 spiro atoms. The van der Waals surface area contributed by atoms with Gasteiger partial charge in [0.05, 0.1) is 34.6 Å². The Balaban J connectivity index is 1.85. The van der Waals surface area contributed by atoms with Crippen LogP contribution in [-0.4, -0.2) is 47.7 Å². The maximum Gasteiger partial charge on any atom is 0.160 e. The summed E-state index contributed by atoms with van der Waals surface area (Å²) < 4.78 is 21.5. The largest absolute Gasteiger partial charge is 0.493 e. The maximum absolute atomic E-state index is 5.41. The van der Waals surface area contributed by atoms with Crippen LogP contribution in [0.5, 0.6) is 23.0 Å². The van der Waals surface area contributed by atoms with Crippen LogP contribution in [0.4, 0.5) is 0 Å². The Morgan fingerprint density at radius 3 is 1.52 bits per heavy atom. The fourth-order valence-electron chi connectivity index (χ4n) is 3.54. The Morgan fingerprint density at radius 2 is 1.13 bits per heavy atom. The Bertz CT molecular complexity index is 721. The van der Waals surface area contributed by atoms with Crippen molar-refractivity contribution < 1.29 is 18.9 Å². The van der Waals surface area contributed by atoms with E-state index < -0.39 is 0 Å². The average Bonchev–Trinajstić information content (AvgIpc) is 2.81. The van der Waals surface area contributed by atoms with E-state index >= 15 is 0 Å². The van der Waals surface area contributed by atoms with Gasteiger partial charge in [0.25, 0.3) is 0 Å². The quantitative estimate of drug-likeness (QED) is 0.413. The minimum Gasteiger partial charge on any atom is -0.493 e. The third-order valence-corrected chi connectivity index (χ3v) is 5.35. The van der Waals surface area contributed by atoms with Crippen molar-refractivity contribution in [3.8, 4) is 23.0 Å². The van der Waals surface area contributed by atoms with Crippen LogP contribution in [0.3, 0.4) is 0 Å². The second kappa shape index (κ2) is 13.8. The summed E-state index contributed by atoms with van der Waals surface area (Å²) in [6, 6.07) is 12.2. The van der Waals surface area contributed by atoms with Gasteiger partial charge in [0.15, 0.2) is 23.0 Å². The van der Waals surface area contributed by atoms with Crippen molar-refractivity contribution in [3.63, 3.8) is 0 Å². The lowest BCUT2D eigenvalue weighted by atomic mass is 10.1. The van der Waals surface area contributed by atoms with Crippen LogP contribution in [0, 0.1) is 0 Å². The molecule has 0 unspecified atom stereocenters. The maximum atomic E-state index is 5.41. The number of methoxy groups -OCH3 is 4. The zero-order valence-corrected chi connectivity index (χ0v) is 19.6. The first kappa shape index (κ1) is 24.8. The summed E-state index contributed by atoms with van der Waals surface area (Å²) in [5.74, 6) is 3.07. The highest BCUT2D eigenvalue weighted by molar-refractivity contribution is 5.43. The summed E-state index contributed by atoms with van der Waals surface area (Å²) in [6.45, 7) is 4.02. The molecule has 2 N–H and O–H groups in total. The van der Waals surface area contributed by atoms with Gasteiger partial charge in [-0.2, -0.15) is 0 Å². The van der Waals surface area contributed by atoms with Crippen molar-refractivity contribution in [2.24, 2.45) is 0 Å². The molecule has 172 valence electrons. The molecule has 2 aromatic rings. The molecule has 0 radical (unpaired) electrons. The van der Waals surface area contributed by atoms with Crippen LogP contribution in [-0.2, 0) is 12.8 Å². The van der Waals surface area contributed by atoms with Crippen molar-refractivity contribution in [2.45, 2.75) is 45.2 Å². The molecular weight excluding hydrogens is 392 g/mol. The van der Waals surface area contributed by atoms with Crippen LogP contribution >= 0.6 is 0 Å². The minimum absolute atomic E-state index is 0.292. The van der Waals surface area contributed by atoms with Crippen LogP contribution in [0.2, 0.25) is 0 Å². The molecule has 0 aliphatic rings. The zero-order valence-electron chi connectivity index (χ0n) is 19.6. The van der Waals surface area contributed by atoms with Gasteiger partial charge >= 0.3 is 0 Å². The summed E-state index contributed by atoms with van der Waals surface area (Å²) in [4.78, 5) is 0. The van der Waals surface area contributed by atoms with Gasteiger partial charge < -0.3 is 29.6 Å². The molecule has 0 aromatic heterocycles. The van der Waals surface area contributed by atoms with Gasteiger partial charge in [-0.15, -0.1) is 0 Å². The van der Waals surface area contributed by atoms with E-state index in [1.165, 1.54) is 24.0 Å². The van der Waals surface area contributed by atoms with Gasteiger partial charge in [-0.1, -0.05) is 31.9 Å². The Kier molecular flexibility index (Phi) is 11.0. The molecular formula is C25H38N2O4. The molecule has 0 aliphatic carbocycles. The molecule has 0 saturated carbocycles. The molecule has 2 rings (SSSR count). The molecule has 0 saturated heterocycles. The number of benzene rings is 2. The van der Waals surface area contributed by atoms with E-state index in [0.717, 1.165) is 55.4 Å². The van der Waals surface area contributed by atoms with Gasteiger partial charge in [-0.05, 0) is 54.7 Å². The van der Waals surface area contributed by atoms with Crippen molar-refractivity contribution in [2.75, 3.05) is 41.5 Å².